The lowest BCUT2D eigenvalue weighted by Crippen LogP contribution is -2.35. The number of hydrogen-bond acceptors (Lipinski definition) is 7. The molecule has 28 heavy (non-hydrogen) atoms. The molecule has 0 saturated carbocycles. The van der Waals surface area contributed by atoms with Crippen LogP contribution in [0.5, 0.6) is 5.88 Å². The van der Waals surface area contributed by atoms with Gasteiger partial charge in [0.1, 0.15) is 5.69 Å². The van der Waals surface area contributed by atoms with Crippen LogP contribution < -0.4 is 9.64 Å². The molecule has 0 spiro atoms. The summed E-state index contributed by atoms with van der Waals surface area (Å²) in [6.45, 7) is 1.71. The highest BCUT2D eigenvalue weighted by molar-refractivity contribution is 7.07. The van der Waals surface area contributed by atoms with Crippen molar-refractivity contribution < 1.29 is 17.9 Å². The molecule has 0 fully saturated rings. The zero-order valence-corrected chi connectivity index (χ0v) is 15.7. The van der Waals surface area contributed by atoms with E-state index < -0.39 is 19.0 Å². The maximum absolute atomic E-state index is 13.9. The number of thiazole rings is 1. The molecule has 0 amide bonds. The highest BCUT2D eigenvalue weighted by Crippen LogP contribution is 2.34. The summed E-state index contributed by atoms with van der Waals surface area (Å²) < 4.78 is 43.5. The van der Waals surface area contributed by atoms with Crippen LogP contribution in [-0.2, 0) is 6.42 Å². The van der Waals surface area contributed by atoms with Gasteiger partial charge in [0, 0.05) is 47.9 Å². The third kappa shape index (κ3) is 3.77. The van der Waals surface area contributed by atoms with E-state index in [-0.39, 0.29) is 11.9 Å². The van der Waals surface area contributed by atoms with Crippen LogP contribution in [0.3, 0.4) is 0 Å². The van der Waals surface area contributed by atoms with Crippen LogP contribution in [0.25, 0.3) is 11.5 Å². The first kappa shape index (κ1) is 18.6. The minimum absolute atomic E-state index is 0.127. The monoisotopic (exact) mass is 407 g/mol. The van der Waals surface area contributed by atoms with E-state index in [1.165, 1.54) is 23.5 Å². The van der Waals surface area contributed by atoms with E-state index in [0.717, 1.165) is 17.0 Å². The van der Waals surface area contributed by atoms with E-state index >= 15 is 0 Å². The van der Waals surface area contributed by atoms with Crippen LogP contribution in [0.2, 0.25) is 0 Å². The molecule has 3 aromatic heterocycles. The molecule has 0 bridgehead atoms. The van der Waals surface area contributed by atoms with Gasteiger partial charge >= 0.3 is 0 Å². The van der Waals surface area contributed by atoms with E-state index in [2.05, 4.69) is 19.9 Å². The van der Waals surface area contributed by atoms with Crippen molar-refractivity contribution in [2.75, 3.05) is 18.1 Å². The lowest BCUT2D eigenvalue weighted by molar-refractivity contribution is 0.0791. The zero-order valence-electron chi connectivity index (χ0n) is 14.8. The second-order valence-electron chi connectivity index (χ2n) is 6.28. The van der Waals surface area contributed by atoms with E-state index in [4.69, 9.17) is 4.74 Å². The third-order valence-electron chi connectivity index (χ3n) is 4.51. The molecule has 1 aliphatic heterocycles. The Morgan fingerprint density at radius 2 is 2.14 bits per heavy atom. The molecule has 0 saturated heterocycles. The second kappa shape index (κ2) is 7.70. The van der Waals surface area contributed by atoms with Gasteiger partial charge in [0.25, 0.3) is 6.43 Å². The van der Waals surface area contributed by atoms with E-state index in [9.17, 15) is 13.2 Å². The molecule has 0 aliphatic carbocycles. The summed E-state index contributed by atoms with van der Waals surface area (Å²) in [7, 11) is 0. The molecule has 3 aromatic rings. The van der Waals surface area contributed by atoms with E-state index in [0.29, 0.717) is 24.5 Å². The number of pyridine rings is 1. The molecule has 6 nitrogen and oxygen atoms in total. The minimum Gasteiger partial charge on any atom is -0.471 e. The fourth-order valence-corrected chi connectivity index (χ4v) is 3.74. The number of alkyl halides is 2. The summed E-state index contributed by atoms with van der Waals surface area (Å²) in [4.78, 5) is 18.8. The summed E-state index contributed by atoms with van der Waals surface area (Å²) in [5, 5.41) is 1.89. The Balaban J connectivity index is 1.60. The van der Waals surface area contributed by atoms with Crippen molar-refractivity contribution in [2.24, 2.45) is 0 Å². The van der Waals surface area contributed by atoms with Crippen LogP contribution in [0.15, 0.2) is 29.2 Å². The molecule has 10 heteroatoms. The third-order valence-corrected chi connectivity index (χ3v) is 5.10. The fourth-order valence-electron chi connectivity index (χ4n) is 3.21. The highest BCUT2D eigenvalue weighted by atomic mass is 32.1. The first-order valence-electron chi connectivity index (χ1n) is 8.61. The standard InChI is InChI=1S/C18H16F3N5OS/c1-10-12-6-22-18(14-8-28-9-23-14)24-13(12)2-3-26(10)11-4-16(21)25-17(5-11)27-7-15(19)20/h4-6,8-10,15H,2-3,7H2,1H3. The predicted molar refractivity (Wildman–Crippen MR) is 98.3 cm³/mol. The molecule has 0 aromatic carbocycles. The molecule has 146 valence electrons. The Kier molecular flexibility index (Phi) is 5.12. The normalized spacial score (nSPS) is 16.3. The molecule has 0 N–H and O–H groups in total. The summed E-state index contributed by atoms with van der Waals surface area (Å²) in [5.74, 6) is -0.364. The number of rotatable bonds is 5. The van der Waals surface area contributed by atoms with Crippen molar-refractivity contribution in [1.29, 1.82) is 0 Å². The maximum Gasteiger partial charge on any atom is 0.272 e. The molecule has 1 atom stereocenters. The van der Waals surface area contributed by atoms with Crippen LogP contribution >= 0.6 is 11.3 Å². The SMILES string of the molecule is CC1c2cnc(-c3cscn3)nc2CCN1c1cc(F)nc(OCC(F)F)c1. The Labute approximate surface area is 163 Å². The predicted octanol–water partition coefficient (Wildman–Crippen LogP) is 3.90. The van der Waals surface area contributed by atoms with Gasteiger partial charge in [-0.2, -0.15) is 9.37 Å². The van der Waals surface area contributed by atoms with Crippen molar-refractivity contribution in [3.8, 4) is 17.4 Å². The Bertz CT molecular complexity index is 970. The number of hydrogen-bond donors (Lipinski definition) is 0. The van der Waals surface area contributed by atoms with Crippen LogP contribution in [-0.4, -0.2) is 39.5 Å². The first-order valence-corrected chi connectivity index (χ1v) is 9.55. The van der Waals surface area contributed by atoms with Gasteiger partial charge in [-0.25, -0.2) is 23.7 Å². The van der Waals surface area contributed by atoms with Gasteiger partial charge in [-0.15, -0.1) is 11.3 Å². The Morgan fingerprint density at radius 3 is 2.89 bits per heavy atom. The van der Waals surface area contributed by atoms with Crippen molar-refractivity contribution in [1.82, 2.24) is 19.9 Å². The van der Waals surface area contributed by atoms with E-state index in [1.807, 2.05) is 17.2 Å². The maximum atomic E-state index is 13.9. The van der Waals surface area contributed by atoms with Crippen LogP contribution in [0, 0.1) is 5.95 Å². The first-order chi connectivity index (χ1) is 13.5. The minimum atomic E-state index is -2.65. The summed E-state index contributed by atoms with van der Waals surface area (Å²) in [5.41, 5.74) is 4.83. The topological polar surface area (TPSA) is 64.0 Å². The molecule has 1 unspecified atom stereocenters. The Morgan fingerprint density at radius 1 is 1.29 bits per heavy atom. The smallest absolute Gasteiger partial charge is 0.272 e. The molecular formula is C18H16F3N5OS. The lowest BCUT2D eigenvalue weighted by atomic mass is 9.99. The molecule has 0 radical (unpaired) electrons. The second-order valence-corrected chi connectivity index (χ2v) is 7.00. The van der Waals surface area contributed by atoms with Crippen LogP contribution in [0.1, 0.15) is 24.2 Å². The van der Waals surface area contributed by atoms with Gasteiger partial charge in [-0.05, 0) is 6.92 Å². The molecule has 4 rings (SSSR count). The van der Waals surface area contributed by atoms with Gasteiger partial charge < -0.3 is 9.64 Å². The quantitative estimate of drug-likeness (QED) is 0.598. The summed E-state index contributed by atoms with van der Waals surface area (Å²) in [6.07, 6.45) is -0.255. The molecular weight excluding hydrogens is 391 g/mol. The molecule has 4 heterocycles. The number of halogens is 3. The van der Waals surface area contributed by atoms with Gasteiger partial charge in [0.15, 0.2) is 12.4 Å². The van der Waals surface area contributed by atoms with Gasteiger partial charge in [0.05, 0.1) is 17.2 Å². The summed E-state index contributed by atoms with van der Waals surface area (Å²) in [6, 6.07) is 2.61. The summed E-state index contributed by atoms with van der Waals surface area (Å²) >= 11 is 1.48. The number of anilines is 1. The molecule has 1 aliphatic rings. The zero-order chi connectivity index (χ0) is 19.7. The number of aromatic nitrogens is 4. The van der Waals surface area contributed by atoms with E-state index in [1.54, 1.807) is 11.7 Å². The van der Waals surface area contributed by atoms with Crippen LogP contribution in [0.4, 0.5) is 18.9 Å². The average molecular weight is 407 g/mol. The number of nitrogens with zero attached hydrogens (tertiary/aromatic N) is 5. The van der Waals surface area contributed by atoms with Gasteiger partial charge in [0.2, 0.25) is 11.8 Å². The Hall–Kier alpha value is -2.75. The van der Waals surface area contributed by atoms with Gasteiger partial charge in [-0.1, -0.05) is 0 Å². The van der Waals surface area contributed by atoms with Crippen molar-refractivity contribution in [2.45, 2.75) is 25.8 Å². The van der Waals surface area contributed by atoms with Gasteiger partial charge in [-0.3, -0.25) is 0 Å². The number of ether oxygens (including phenoxy) is 1. The average Bonchev–Trinajstić information content (AvgIpc) is 3.21. The highest BCUT2D eigenvalue weighted by Gasteiger charge is 2.27. The number of fused-ring (bicyclic) bond motifs is 1. The fraction of sp³-hybridized carbons (Fsp3) is 0.333. The van der Waals surface area contributed by atoms with Crippen molar-refractivity contribution in [3.63, 3.8) is 0 Å². The van der Waals surface area contributed by atoms with Crippen molar-refractivity contribution in [3.05, 3.63) is 46.4 Å². The van der Waals surface area contributed by atoms with Crippen molar-refractivity contribution >= 4 is 17.0 Å². The largest absolute Gasteiger partial charge is 0.471 e. The lowest BCUT2D eigenvalue weighted by Gasteiger charge is -2.36.